The lowest BCUT2D eigenvalue weighted by molar-refractivity contribution is 0.0211. The number of allylic oxidation sites excluding steroid dienone is 4. The van der Waals surface area contributed by atoms with Crippen molar-refractivity contribution < 1.29 is 24.9 Å². The van der Waals surface area contributed by atoms with Crippen molar-refractivity contribution >= 4 is 5.78 Å². The lowest BCUT2D eigenvalue weighted by atomic mass is 9.88. The Morgan fingerprint density at radius 1 is 1.00 bits per heavy atom. The van der Waals surface area contributed by atoms with E-state index in [0.29, 0.717) is 35.3 Å². The first kappa shape index (κ1) is 21.7. The van der Waals surface area contributed by atoms with Crippen molar-refractivity contribution in [2.75, 3.05) is 0 Å². The van der Waals surface area contributed by atoms with Gasteiger partial charge in [-0.15, -0.1) is 0 Å². The monoisotopic (exact) mass is 408 g/mol. The van der Waals surface area contributed by atoms with E-state index in [1.165, 1.54) is 12.1 Å². The topological polar surface area (TPSA) is 87.0 Å². The van der Waals surface area contributed by atoms with Gasteiger partial charge in [-0.05, 0) is 69.9 Å². The smallest absolute Gasteiger partial charge is 0.199 e. The number of phenolic OH excluding ortho intramolecular Hbond substituents is 2. The molecule has 0 aromatic heterocycles. The van der Waals surface area contributed by atoms with Crippen LogP contribution in [0.4, 0.5) is 0 Å². The van der Waals surface area contributed by atoms with Crippen molar-refractivity contribution in [3.63, 3.8) is 0 Å². The quantitative estimate of drug-likeness (QED) is 0.619. The van der Waals surface area contributed by atoms with Crippen LogP contribution in [0.5, 0.6) is 17.2 Å². The van der Waals surface area contributed by atoms with Crippen LogP contribution in [0.2, 0.25) is 0 Å². The van der Waals surface area contributed by atoms with E-state index in [1.54, 1.807) is 18.2 Å². The molecule has 3 N–H and O–H groups in total. The van der Waals surface area contributed by atoms with Gasteiger partial charge in [-0.3, -0.25) is 4.79 Å². The zero-order valence-electron chi connectivity index (χ0n) is 17.8. The summed E-state index contributed by atoms with van der Waals surface area (Å²) in [5.41, 5.74) is 4.20. The maximum atomic E-state index is 13.1. The van der Waals surface area contributed by atoms with Crippen LogP contribution in [0.25, 0.3) is 0 Å². The number of ketones is 1. The molecule has 158 valence electrons. The van der Waals surface area contributed by atoms with Gasteiger partial charge in [0.05, 0.1) is 5.56 Å². The molecule has 2 aromatic carbocycles. The Labute approximate surface area is 177 Å². The summed E-state index contributed by atoms with van der Waals surface area (Å²) in [6.45, 7) is 7.87. The Balaban J connectivity index is 2.14. The van der Waals surface area contributed by atoms with Gasteiger partial charge in [-0.2, -0.15) is 0 Å². The second-order valence-corrected chi connectivity index (χ2v) is 8.15. The molecular formula is C25H28O5. The average Bonchev–Trinajstić information content (AvgIpc) is 2.69. The third-order valence-corrected chi connectivity index (χ3v) is 5.16. The highest BCUT2D eigenvalue weighted by atomic mass is 16.5. The first-order valence-corrected chi connectivity index (χ1v) is 10.0. The molecule has 0 unspecified atom stereocenters. The third-order valence-electron chi connectivity index (χ3n) is 5.16. The third kappa shape index (κ3) is 4.41. The van der Waals surface area contributed by atoms with E-state index >= 15 is 0 Å². The lowest BCUT2D eigenvalue weighted by Gasteiger charge is -2.32. The summed E-state index contributed by atoms with van der Waals surface area (Å²) in [5.74, 6) is 0.0597. The molecule has 5 heteroatoms. The molecule has 0 fully saturated rings. The summed E-state index contributed by atoms with van der Waals surface area (Å²) >= 11 is 0. The number of carbonyl (C=O) groups excluding carboxylic acids is 1. The second kappa shape index (κ2) is 8.76. The fraction of sp³-hybridized carbons (Fsp3) is 0.320. The summed E-state index contributed by atoms with van der Waals surface area (Å²) in [6, 6.07) is 7.81. The largest absolute Gasteiger partial charge is 0.508 e. The van der Waals surface area contributed by atoms with Crippen LogP contribution in [-0.2, 0) is 12.8 Å². The molecule has 2 atom stereocenters. The van der Waals surface area contributed by atoms with Gasteiger partial charge < -0.3 is 20.1 Å². The van der Waals surface area contributed by atoms with Crippen molar-refractivity contribution in [3.05, 3.63) is 75.9 Å². The molecule has 0 bridgehead atoms. The highest BCUT2D eigenvalue weighted by Crippen LogP contribution is 2.43. The molecule has 0 amide bonds. The summed E-state index contributed by atoms with van der Waals surface area (Å²) in [7, 11) is 0. The van der Waals surface area contributed by atoms with Crippen molar-refractivity contribution in [1.29, 1.82) is 0 Å². The molecule has 5 nitrogen and oxygen atoms in total. The number of phenols is 2. The molecule has 1 aliphatic heterocycles. The number of carbonyl (C=O) groups is 1. The first-order valence-electron chi connectivity index (χ1n) is 10.0. The minimum Gasteiger partial charge on any atom is -0.508 e. The number of fused-ring (bicyclic) bond motifs is 1. The van der Waals surface area contributed by atoms with E-state index < -0.39 is 18.0 Å². The Bertz CT molecular complexity index is 1010. The average molecular weight is 408 g/mol. The van der Waals surface area contributed by atoms with Crippen LogP contribution in [0.1, 0.15) is 60.8 Å². The molecule has 2 aromatic rings. The maximum Gasteiger partial charge on any atom is 0.199 e. The van der Waals surface area contributed by atoms with Crippen LogP contribution in [0.15, 0.2) is 53.6 Å². The Hall–Kier alpha value is -3.05. The van der Waals surface area contributed by atoms with Crippen LogP contribution >= 0.6 is 0 Å². The standard InChI is InChI=1S/C25H28O5/c1-14(2)5-7-17-13-20-22(28)23(29)24(16-8-10-18(26)11-9-16)30-25(20)19(21(17)27)12-6-15(3)4/h5-6,8-11,13,23-24,26-27,29H,7,12H2,1-4H3/t23-,24+/m0/s1. The Morgan fingerprint density at radius 2 is 1.60 bits per heavy atom. The van der Waals surface area contributed by atoms with Gasteiger partial charge in [0.25, 0.3) is 0 Å². The van der Waals surface area contributed by atoms with Crippen LogP contribution in [0.3, 0.4) is 0 Å². The number of hydrogen-bond acceptors (Lipinski definition) is 5. The van der Waals surface area contributed by atoms with Crippen molar-refractivity contribution in [1.82, 2.24) is 0 Å². The number of hydrogen-bond donors (Lipinski definition) is 3. The maximum absolute atomic E-state index is 13.1. The van der Waals surface area contributed by atoms with Crippen LogP contribution < -0.4 is 4.74 Å². The van der Waals surface area contributed by atoms with Gasteiger partial charge in [-0.25, -0.2) is 0 Å². The van der Waals surface area contributed by atoms with E-state index in [2.05, 4.69) is 0 Å². The van der Waals surface area contributed by atoms with Crippen molar-refractivity contribution in [3.8, 4) is 17.2 Å². The summed E-state index contributed by atoms with van der Waals surface area (Å²) < 4.78 is 6.11. The summed E-state index contributed by atoms with van der Waals surface area (Å²) in [4.78, 5) is 13.1. The minimum atomic E-state index is -1.38. The molecule has 0 aliphatic carbocycles. The summed E-state index contributed by atoms with van der Waals surface area (Å²) in [5, 5.41) is 31.2. The SMILES string of the molecule is CC(C)=CCc1cc2c(c(CC=C(C)C)c1O)O[C@H](c1ccc(O)cc1)[C@@H](O)C2=O. The lowest BCUT2D eigenvalue weighted by Crippen LogP contribution is -2.36. The van der Waals surface area contributed by atoms with Crippen molar-refractivity contribution in [2.24, 2.45) is 0 Å². The van der Waals surface area contributed by atoms with E-state index in [9.17, 15) is 20.1 Å². The molecule has 0 spiro atoms. The second-order valence-electron chi connectivity index (χ2n) is 8.15. The predicted octanol–water partition coefficient (Wildman–Crippen LogP) is 4.79. The normalized spacial score (nSPS) is 17.7. The van der Waals surface area contributed by atoms with Gasteiger partial charge in [0, 0.05) is 5.56 Å². The Morgan fingerprint density at radius 3 is 2.20 bits per heavy atom. The number of aliphatic hydroxyl groups is 1. The predicted molar refractivity (Wildman–Crippen MR) is 116 cm³/mol. The van der Waals surface area contributed by atoms with Crippen LogP contribution in [0, 0.1) is 0 Å². The highest BCUT2D eigenvalue weighted by molar-refractivity contribution is 6.04. The summed E-state index contributed by atoms with van der Waals surface area (Å²) in [6.07, 6.45) is 2.54. The highest BCUT2D eigenvalue weighted by Gasteiger charge is 2.39. The number of aromatic hydroxyl groups is 2. The van der Waals surface area contributed by atoms with Gasteiger partial charge in [0.2, 0.25) is 0 Å². The molecule has 0 saturated heterocycles. The van der Waals surface area contributed by atoms with Gasteiger partial charge in [0.1, 0.15) is 17.2 Å². The fourth-order valence-electron chi connectivity index (χ4n) is 3.46. The first-order chi connectivity index (χ1) is 14.2. The van der Waals surface area contributed by atoms with E-state index in [-0.39, 0.29) is 17.1 Å². The van der Waals surface area contributed by atoms with E-state index in [4.69, 9.17) is 4.74 Å². The molecule has 1 heterocycles. The number of aliphatic hydroxyl groups excluding tert-OH is 1. The number of benzene rings is 2. The molecular weight excluding hydrogens is 380 g/mol. The number of rotatable bonds is 5. The molecule has 0 radical (unpaired) electrons. The zero-order valence-corrected chi connectivity index (χ0v) is 17.8. The minimum absolute atomic E-state index is 0.0848. The fourth-order valence-corrected chi connectivity index (χ4v) is 3.46. The van der Waals surface area contributed by atoms with Gasteiger partial charge in [-0.1, -0.05) is 35.4 Å². The van der Waals surface area contributed by atoms with Crippen molar-refractivity contribution in [2.45, 2.75) is 52.7 Å². The molecule has 30 heavy (non-hydrogen) atoms. The number of Topliss-reactive ketones (excluding diaryl/α,β-unsaturated/α-hetero) is 1. The molecule has 1 aliphatic rings. The Kier molecular flexibility index (Phi) is 6.32. The van der Waals surface area contributed by atoms with Gasteiger partial charge in [0.15, 0.2) is 18.0 Å². The van der Waals surface area contributed by atoms with E-state index in [1.807, 2.05) is 39.8 Å². The zero-order chi connectivity index (χ0) is 22.0. The van der Waals surface area contributed by atoms with E-state index in [0.717, 1.165) is 11.1 Å². The van der Waals surface area contributed by atoms with Gasteiger partial charge >= 0.3 is 0 Å². The molecule has 3 rings (SSSR count). The molecule has 0 saturated carbocycles. The van der Waals surface area contributed by atoms with Crippen LogP contribution in [-0.4, -0.2) is 27.2 Å². The number of ether oxygens (including phenoxy) is 1.